The van der Waals surface area contributed by atoms with Crippen LogP contribution in [0.4, 0.5) is 0 Å². The molecule has 0 aliphatic rings. The summed E-state index contributed by atoms with van der Waals surface area (Å²) in [6.45, 7) is 19.6. The Labute approximate surface area is 330 Å². The monoisotopic (exact) mass is 809 g/mol. The zero-order valence-electron chi connectivity index (χ0n) is 33.8. The van der Waals surface area contributed by atoms with Crippen molar-refractivity contribution < 1.29 is 85.6 Å². The number of ether oxygens (including phenoxy) is 17. The Morgan fingerprint density at radius 1 is 0.182 bits per heavy atom. The molecular weight excluding hydrogens is 732 g/mol. The van der Waals surface area contributed by atoms with Gasteiger partial charge in [0.15, 0.2) is 0 Å². The molecule has 0 spiro atoms. The number of hydrogen-bond donors (Lipinski definition) is 1. The molecule has 0 aromatic carbocycles. The Morgan fingerprint density at radius 3 is 0.400 bits per heavy atom. The molecule has 0 amide bonds. The molecule has 0 atom stereocenters. The van der Waals surface area contributed by atoms with Crippen LogP contribution < -0.4 is 0 Å². The maximum absolute atomic E-state index is 8.59. The van der Waals surface area contributed by atoms with Gasteiger partial charge in [-0.3, -0.25) is 0 Å². The van der Waals surface area contributed by atoms with Gasteiger partial charge in [-0.05, 0) is 6.42 Å². The van der Waals surface area contributed by atoms with Gasteiger partial charge in [0.05, 0.1) is 225 Å². The summed E-state index contributed by atoms with van der Waals surface area (Å²) < 4.78 is 92.3. The van der Waals surface area contributed by atoms with E-state index >= 15 is 0 Å². The van der Waals surface area contributed by atoms with E-state index in [1.165, 1.54) is 0 Å². The molecular formula is C37H76O18. The predicted molar refractivity (Wildman–Crippen MR) is 201 cm³/mol. The van der Waals surface area contributed by atoms with Crippen LogP contribution in [0.3, 0.4) is 0 Å². The van der Waals surface area contributed by atoms with Crippen molar-refractivity contribution in [2.45, 2.75) is 13.3 Å². The number of aliphatic hydroxyl groups excluding tert-OH is 1. The Bertz CT molecular complexity index is 605. The van der Waals surface area contributed by atoms with Crippen LogP contribution in [0.25, 0.3) is 0 Å². The lowest BCUT2D eigenvalue weighted by atomic mass is 10.5. The molecule has 0 aliphatic carbocycles. The summed E-state index contributed by atoms with van der Waals surface area (Å²) in [6.07, 6.45) is 1.02. The summed E-state index contributed by atoms with van der Waals surface area (Å²) in [7, 11) is 0. The highest BCUT2D eigenvalue weighted by atomic mass is 16.6. The zero-order valence-corrected chi connectivity index (χ0v) is 33.8. The summed E-state index contributed by atoms with van der Waals surface area (Å²) in [5.74, 6) is 0. The number of aliphatic hydroxyl groups is 1. The van der Waals surface area contributed by atoms with Gasteiger partial charge in [-0.2, -0.15) is 0 Å². The normalized spacial score (nSPS) is 11.7. The molecule has 55 heavy (non-hydrogen) atoms. The average molecular weight is 809 g/mol. The van der Waals surface area contributed by atoms with E-state index in [0.29, 0.717) is 218 Å². The van der Waals surface area contributed by atoms with Crippen molar-refractivity contribution in [3.63, 3.8) is 0 Å². The van der Waals surface area contributed by atoms with Gasteiger partial charge in [0.2, 0.25) is 0 Å². The molecule has 0 rings (SSSR count). The highest BCUT2D eigenvalue weighted by molar-refractivity contribution is 4.41. The van der Waals surface area contributed by atoms with Gasteiger partial charge in [0, 0.05) is 6.61 Å². The standard InChI is InChI=1S/C37H76O18/c1-2-4-39-6-8-41-10-12-43-14-16-45-18-20-47-22-24-49-26-28-51-30-32-53-34-36-55-37-35-54-33-31-52-29-27-50-25-23-48-21-19-46-17-15-44-13-11-42-9-7-40-5-3-38/h38H,2-37H2,1H3. The van der Waals surface area contributed by atoms with E-state index in [4.69, 9.17) is 85.6 Å². The molecule has 0 aromatic rings. The fourth-order valence-corrected chi connectivity index (χ4v) is 3.83. The van der Waals surface area contributed by atoms with Crippen molar-refractivity contribution in [1.29, 1.82) is 0 Å². The van der Waals surface area contributed by atoms with Crippen LogP contribution in [0.2, 0.25) is 0 Å². The molecule has 18 nitrogen and oxygen atoms in total. The lowest BCUT2D eigenvalue weighted by Crippen LogP contribution is -2.16. The SMILES string of the molecule is CCCOCCOCCOCCOCCOCCOCCOCCOCCOCCOCCOCCOCCOCCOCCOCCOCCOCCO. The molecule has 18 heteroatoms. The van der Waals surface area contributed by atoms with Crippen molar-refractivity contribution in [2.75, 3.05) is 231 Å². The number of rotatable bonds is 52. The summed E-state index contributed by atoms with van der Waals surface area (Å²) in [5.41, 5.74) is 0. The van der Waals surface area contributed by atoms with Gasteiger partial charge in [-0.25, -0.2) is 0 Å². The second-order valence-corrected chi connectivity index (χ2v) is 11.1. The Morgan fingerprint density at radius 2 is 0.291 bits per heavy atom. The van der Waals surface area contributed by atoms with Crippen molar-refractivity contribution in [3.8, 4) is 0 Å². The van der Waals surface area contributed by atoms with E-state index in [2.05, 4.69) is 6.92 Å². The van der Waals surface area contributed by atoms with Crippen molar-refractivity contribution >= 4 is 0 Å². The van der Waals surface area contributed by atoms with E-state index in [1.54, 1.807) is 0 Å². The zero-order chi connectivity index (χ0) is 39.5. The van der Waals surface area contributed by atoms with Gasteiger partial charge in [-0.1, -0.05) is 6.92 Å². The average Bonchev–Trinajstić information content (AvgIpc) is 3.20. The first-order chi connectivity index (χ1) is 27.4. The number of hydrogen-bond acceptors (Lipinski definition) is 18. The van der Waals surface area contributed by atoms with Gasteiger partial charge < -0.3 is 85.6 Å². The molecule has 0 aromatic heterocycles. The summed E-state index contributed by atoms with van der Waals surface area (Å²) in [6, 6.07) is 0. The van der Waals surface area contributed by atoms with Crippen LogP contribution >= 0.6 is 0 Å². The molecule has 0 unspecified atom stereocenters. The van der Waals surface area contributed by atoms with Crippen molar-refractivity contribution in [2.24, 2.45) is 0 Å². The minimum absolute atomic E-state index is 0.0220. The first-order valence-corrected chi connectivity index (χ1v) is 19.8. The van der Waals surface area contributed by atoms with E-state index < -0.39 is 0 Å². The summed E-state index contributed by atoms with van der Waals surface area (Å²) >= 11 is 0. The second kappa shape index (κ2) is 53.3. The van der Waals surface area contributed by atoms with E-state index in [9.17, 15) is 0 Å². The van der Waals surface area contributed by atoms with Crippen LogP contribution in [0.1, 0.15) is 13.3 Å². The van der Waals surface area contributed by atoms with Gasteiger partial charge in [0.1, 0.15) is 0 Å². The lowest BCUT2D eigenvalue weighted by molar-refractivity contribution is -0.0308. The molecule has 1 N–H and O–H groups in total. The highest BCUT2D eigenvalue weighted by Crippen LogP contribution is 1.89. The van der Waals surface area contributed by atoms with E-state index in [0.717, 1.165) is 13.0 Å². The van der Waals surface area contributed by atoms with Crippen LogP contribution in [0.5, 0.6) is 0 Å². The maximum Gasteiger partial charge on any atom is 0.0701 e. The summed E-state index contributed by atoms with van der Waals surface area (Å²) in [4.78, 5) is 0. The second-order valence-electron chi connectivity index (χ2n) is 11.1. The van der Waals surface area contributed by atoms with E-state index in [-0.39, 0.29) is 6.61 Å². The first-order valence-electron chi connectivity index (χ1n) is 19.8. The van der Waals surface area contributed by atoms with Gasteiger partial charge in [-0.15, -0.1) is 0 Å². The molecule has 0 bridgehead atoms. The highest BCUT2D eigenvalue weighted by Gasteiger charge is 1.98. The minimum Gasteiger partial charge on any atom is -0.394 e. The third-order valence-electron chi connectivity index (χ3n) is 6.54. The van der Waals surface area contributed by atoms with Crippen LogP contribution in [0.15, 0.2) is 0 Å². The summed E-state index contributed by atoms with van der Waals surface area (Å²) in [5, 5.41) is 8.59. The quantitative estimate of drug-likeness (QED) is 0.0848. The molecule has 0 fully saturated rings. The molecule has 0 saturated carbocycles. The Hall–Kier alpha value is -0.720. The molecule has 0 heterocycles. The van der Waals surface area contributed by atoms with Crippen LogP contribution in [0, 0.1) is 0 Å². The molecule has 0 saturated heterocycles. The predicted octanol–water partition coefficient (Wildman–Crippen LogP) is 0.671. The first kappa shape index (κ1) is 54.3. The lowest BCUT2D eigenvalue weighted by Gasteiger charge is -2.09. The largest absolute Gasteiger partial charge is 0.394 e. The van der Waals surface area contributed by atoms with Crippen LogP contribution in [-0.4, -0.2) is 236 Å². The Balaban J connectivity index is 3.05. The molecule has 0 aliphatic heterocycles. The van der Waals surface area contributed by atoms with Gasteiger partial charge in [0.25, 0.3) is 0 Å². The van der Waals surface area contributed by atoms with E-state index in [1.807, 2.05) is 0 Å². The minimum atomic E-state index is 0.0220. The fraction of sp³-hybridized carbons (Fsp3) is 1.00. The fourth-order valence-electron chi connectivity index (χ4n) is 3.83. The maximum atomic E-state index is 8.59. The Kier molecular flexibility index (Phi) is 52.6. The smallest absolute Gasteiger partial charge is 0.0701 e. The molecule has 332 valence electrons. The van der Waals surface area contributed by atoms with Crippen LogP contribution in [-0.2, 0) is 80.5 Å². The van der Waals surface area contributed by atoms with Crippen molar-refractivity contribution in [3.05, 3.63) is 0 Å². The van der Waals surface area contributed by atoms with Crippen molar-refractivity contribution in [1.82, 2.24) is 0 Å². The molecule has 0 radical (unpaired) electrons. The third kappa shape index (κ3) is 53.3. The topological polar surface area (TPSA) is 177 Å². The third-order valence-corrected chi connectivity index (χ3v) is 6.54. The van der Waals surface area contributed by atoms with Gasteiger partial charge >= 0.3 is 0 Å².